The maximum atomic E-state index is 4.04. The molecule has 1 aromatic rings. The third-order valence-corrected chi connectivity index (χ3v) is 1.56. The SMILES string of the molecule is C=Cc1c(NC)ncnc1NC. The number of hydrogen-bond acceptors (Lipinski definition) is 4. The molecule has 1 rings (SSSR count). The zero-order valence-electron chi connectivity index (χ0n) is 7.26. The van der Waals surface area contributed by atoms with Gasteiger partial charge in [-0.15, -0.1) is 0 Å². The smallest absolute Gasteiger partial charge is 0.138 e. The largest absolute Gasteiger partial charge is 0.372 e. The van der Waals surface area contributed by atoms with Gasteiger partial charge in [-0.1, -0.05) is 12.7 Å². The van der Waals surface area contributed by atoms with Gasteiger partial charge in [0.1, 0.15) is 18.0 Å². The predicted molar refractivity (Wildman–Crippen MR) is 51.2 cm³/mol. The van der Waals surface area contributed by atoms with Crippen molar-refractivity contribution >= 4 is 17.7 Å². The molecule has 0 spiro atoms. The number of nitrogens with zero attached hydrogens (tertiary/aromatic N) is 2. The van der Waals surface area contributed by atoms with Crippen LogP contribution >= 0.6 is 0 Å². The minimum absolute atomic E-state index is 0.782. The molecule has 0 aliphatic rings. The highest BCUT2D eigenvalue weighted by Crippen LogP contribution is 2.19. The Morgan fingerprint density at radius 1 is 1.25 bits per heavy atom. The van der Waals surface area contributed by atoms with E-state index in [9.17, 15) is 0 Å². The van der Waals surface area contributed by atoms with Crippen molar-refractivity contribution in [2.24, 2.45) is 0 Å². The summed E-state index contributed by atoms with van der Waals surface area (Å²) in [7, 11) is 3.63. The van der Waals surface area contributed by atoms with E-state index in [-0.39, 0.29) is 0 Å². The van der Waals surface area contributed by atoms with E-state index in [1.807, 2.05) is 14.1 Å². The van der Waals surface area contributed by atoms with Crippen LogP contribution in [-0.4, -0.2) is 24.1 Å². The molecule has 0 aromatic carbocycles. The molecule has 0 aliphatic heterocycles. The number of aromatic nitrogens is 2. The average Bonchev–Trinajstić information content (AvgIpc) is 2.16. The topological polar surface area (TPSA) is 49.8 Å². The molecule has 0 fully saturated rings. The van der Waals surface area contributed by atoms with E-state index in [1.165, 1.54) is 6.33 Å². The average molecular weight is 164 g/mol. The molecule has 0 amide bonds. The van der Waals surface area contributed by atoms with Crippen LogP contribution in [0.2, 0.25) is 0 Å². The van der Waals surface area contributed by atoms with E-state index in [0.29, 0.717) is 0 Å². The standard InChI is InChI=1S/C8H12N4/c1-4-6-7(9-2)11-5-12-8(6)10-3/h4-5H,1H2,2-3H3,(H2,9,10,11,12). The van der Waals surface area contributed by atoms with Gasteiger partial charge in [-0.2, -0.15) is 0 Å². The second-order valence-electron chi connectivity index (χ2n) is 2.19. The Kier molecular flexibility index (Phi) is 2.63. The summed E-state index contributed by atoms with van der Waals surface area (Å²) in [4.78, 5) is 8.09. The minimum atomic E-state index is 0.782. The highest BCUT2D eigenvalue weighted by Gasteiger charge is 2.03. The van der Waals surface area contributed by atoms with Crippen molar-refractivity contribution in [3.05, 3.63) is 18.5 Å². The lowest BCUT2D eigenvalue weighted by molar-refractivity contribution is 1.14. The fourth-order valence-corrected chi connectivity index (χ4v) is 0.987. The Bertz CT molecular complexity index is 260. The molecule has 4 nitrogen and oxygen atoms in total. The molecular weight excluding hydrogens is 152 g/mol. The second kappa shape index (κ2) is 3.71. The molecule has 0 aliphatic carbocycles. The van der Waals surface area contributed by atoms with Crippen LogP contribution in [0.4, 0.5) is 11.6 Å². The number of hydrogen-bond donors (Lipinski definition) is 2. The molecule has 64 valence electrons. The molecular formula is C8H12N4. The molecule has 0 saturated carbocycles. The van der Waals surface area contributed by atoms with Crippen LogP contribution in [0.1, 0.15) is 5.56 Å². The summed E-state index contributed by atoms with van der Waals surface area (Å²) in [5.74, 6) is 1.56. The lowest BCUT2D eigenvalue weighted by atomic mass is 10.2. The van der Waals surface area contributed by atoms with Crippen molar-refractivity contribution in [3.8, 4) is 0 Å². The Morgan fingerprint density at radius 3 is 2.08 bits per heavy atom. The Morgan fingerprint density at radius 2 is 1.75 bits per heavy atom. The van der Waals surface area contributed by atoms with Crippen LogP contribution < -0.4 is 10.6 Å². The first kappa shape index (κ1) is 8.52. The quantitative estimate of drug-likeness (QED) is 0.704. The van der Waals surface area contributed by atoms with Gasteiger partial charge in [0.25, 0.3) is 0 Å². The lowest BCUT2D eigenvalue weighted by Crippen LogP contribution is -2.01. The molecule has 0 atom stereocenters. The molecule has 1 heterocycles. The van der Waals surface area contributed by atoms with Gasteiger partial charge in [-0.3, -0.25) is 0 Å². The van der Waals surface area contributed by atoms with Gasteiger partial charge in [0, 0.05) is 14.1 Å². The van der Waals surface area contributed by atoms with Crippen molar-refractivity contribution in [2.45, 2.75) is 0 Å². The highest BCUT2D eigenvalue weighted by molar-refractivity contribution is 5.71. The van der Waals surface area contributed by atoms with Gasteiger partial charge in [0.15, 0.2) is 0 Å². The van der Waals surface area contributed by atoms with E-state index in [4.69, 9.17) is 0 Å². The van der Waals surface area contributed by atoms with Gasteiger partial charge in [0.05, 0.1) is 5.56 Å². The second-order valence-corrected chi connectivity index (χ2v) is 2.19. The van der Waals surface area contributed by atoms with Crippen LogP contribution in [0, 0.1) is 0 Å². The van der Waals surface area contributed by atoms with E-state index in [0.717, 1.165) is 17.2 Å². The fraction of sp³-hybridized carbons (Fsp3) is 0.250. The third-order valence-electron chi connectivity index (χ3n) is 1.56. The van der Waals surface area contributed by atoms with Gasteiger partial charge in [-0.25, -0.2) is 9.97 Å². The van der Waals surface area contributed by atoms with Gasteiger partial charge in [0.2, 0.25) is 0 Å². The Hall–Kier alpha value is -1.58. The van der Waals surface area contributed by atoms with E-state index in [1.54, 1.807) is 6.08 Å². The molecule has 0 radical (unpaired) electrons. The van der Waals surface area contributed by atoms with Crippen LogP contribution in [0.15, 0.2) is 12.9 Å². The minimum Gasteiger partial charge on any atom is -0.372 e. The van der Waals surface area contributed by atoms with Crippen molar-refractivity contribution < 1.29 is 0 Å². The molecule has 0 bridgehead atoms. The molecule has 0 unspecified atom stereocenters. The monoisotopic (exact) mass is 164 g/mol. The normalized spacial score (nSPS) is 9.17. The molecule has 1 aromatic heterocycles. The Balaban J connectivity index is 3.21. The zero-order chi connectivity index (χ0) is 8.97. The summed E-state index contributed by atoms with van der Waals surface area (Å²) >= 11 is 0. The van der Waals surface area contributed by atoms with E-state index in [2.05, 4.69) is 27.2 Å². The summed E-state index contributed by atoms with van der Waals surface area (Å²) in [6.45, 7) is 3.69. The van der Waals surface area contributed by atoms with Crippen molar-refractivity contribution in [3.63, 3.8) is 0 Å². The summed E-state index contributed by atoms with van der Waals surface area (Å²) in [5, 5.41) is 5.92. The number of anilines is 2. The third kappa shape index (κ3) is 1.37. The summed E-state index contributed by atoms with van der Waals surface area (Å²) in [6, 6.07) is 0. The van der Waals surface area contributed by atoms with Crippen LogP contribution in [0.3, 0.4) is 0 Å². The number of nitrogens with one attached hydrogen (secondary N) is 2. The molecule has 0 saturated heterocycles. The summed E-state index contributed by atoms with van der Waals surface area (Å²) in [5.41, 5.74) is 0.891. The summed E-state index contributed by atoms with van der Waals surface area (Å²) in [6.07, 6.45) is 3.22. The Labute approximate surface area is 71.7 Å². The van der Waals surface area contributed by atoms with Crippen molar-refractivity contribution in [2.75, 3.05) is 24.7 Å². The first-order valence-electron chi connectivity index (χ1n) is 3.66. The molecule has 4 heteroatoms. The van der Waals surface area contributed by atoms with E-state index >= 15 is 0 Å². The predicted octanol–water partition coefficient (Wildman–Crippen LogP) is 1.20. The van der Waals surface area contributed by atoms with Crippen LogP contribution in [-0.2, 0) is 0 Å². The summed E-state index contributed by atoms with van der Waals surface area (Å²) < 4.78 is 0. The maximum Gasteiger partial charge on any atom is 0.138 e. The number of rotatable bonds is 3. The van der Waals surface area contributed by atoms with Crippen molar-refractivity contribution in [1.82, 2.24) is 9.97 Å². The molecule has 12 heavy (non-hydrogen) atoms. The van der Waals surface area contributed by atoms with Gasteiger partial charge in [-0.05, 0) is 0 Å². The fourth-order valence-electron chi connectivity index (χ4n) is 0.987. The van der Waals surface area contributed by atoms with Crippen LogP contribution in [0.5, 0.6) is 0 Å². The highest BCUT2D eigenvalue weighted by atomic mass is 15.0. The maximum absolute atomic E-state index is 4.04. The first-order chi connectivity index (χ1) is 5.83. The van der Waals surface area contributed by atoms with Gasteiger partial charge >= 0.3 is 0 Å². The molecule has 2 N–H and O–H groups in total. The van der Waals surface area contributed by atoms with Crippen molar-refractivity contribution in [1.29, 1.82) is 0 Å². The van der Waals surface area contributed by atoms with Crippen LogP contribution in [0.25, 0.3) is 6.08 Å². The zero-order valence-corrected chi connectivity index (χ0v) is 7.26. The lowest BCUT2D eigenvalue weighted by Gasteiger charge is -2.07. The van der Waals surface area contributed by atoms with E-state index < -0.39 is 0 Å². The first-order valence-corrected chi connectivity index (χ1v) is 3.66. The van der Waals surface area contributed by atoms with Gasteiger partial charge < -0.3 is 10.6 Å².